The number of amides is 1. The molecule has 0 radical (unpaired) electrons. The number of ether oxygens (including phenoxy) is 1. The van der Waals surface area contributed by atoms with Crippen molar-refractivity contribution in [2.75, 3.05) is 11.9 Å². The van der Waals surface area contributed by atoms with E-state index in [2.05, 4.69) is 20.6 Å². The standard InChI is InChI=1S/C19H19ClN4O2S/c1-3-26-15-6-4-5-13(9-15)10-22-18(25)17-12(2)23-19(27-17)24-16-8-7-14(20)11-21-16/h4-9,11H,3,10H2,1-2H3,(H,22,25)(H,21,23,24). The number of nitrogens with one attached hydrogen (secondary N) is 2. The molecule has 0 fully saturated rings. The van der Waals surface area contributed by atoms with Crippen LogP contribution >= 0.6 is 22.9 Å². The Balaban J connectivity index is 1.64. The van der Waals surface area contributed by atoms with E-state index >= 15 is 0 Å². The summed E-state index contributed by atoms with van der Waals surface area (Å²) in [6.45, 7) is 4.76. The van der Waals surface area contributed by atoms with Gasteiger partial charge >= 0.3 is 0 Å². The lowest BCUT2D eigenvalue weighted by Crippen LogP contribution is -2.22. The van der Waals surface area contributed by atoms with Gasteiger partial charge in [0, 0.05) is 12.7 Å². The Morgan fingerprint density at radius 3 is 2.89 bits per heavy atom. The number of thiazole rings is 1. The molecule has 0 saturated carbocycles. The molecule has 0 aliphatic carbocycles. The maximum atomic E-state index is 12.5. The Labute approximate surface area is 166 Å². The van der Waals surface area contributed by atoms with Crippen LogP contribution < -0.4 is 15.4 Å². The van der Waals surface area contributed by atoms with E-state index in [4.69, 9.17) is 16.3 Å². The molecule has 3 aromatic rings. The first-order valence-electron chi connectivity index (χ1n) is 8.41. The van der Waals surface area contributed by atoms with Crippen molar-refractivity contribution in [1.29, 1.82) is 0 Å². The first-order valence-corrected chi connectivity index (χ1v) is 9.60. The van der Waals surface area contributed by atoms with Gasteiger partial charge in [-0.25, -0.2) is 9.97 Å². The van der Waals surface area contributed by atoms with Gasteiger partial charge in [0.15, 0.2) is 5.13 Å². The fourth-order valence-corrected chi connectivity index (χ4v) is 3.40. The van der Waals surface area contributed by atoms with E-state index in [0.717, 1.165) is 11.3 Å². The number of carbonyl (C=O) groups is 1. The predicted molar refractivity (Wildman–Crippen MR) is 108 cm³/mol. The van der Waals surface area contributed by atoms with E-state index in [1.165, 1.54) is 11.3 Å². The molecular formula is C19H19ClN4O2S. The number of aromatic nitrogens is 2. The second-order valence-corrected chi connectivity index (χ2v) is 7.12. The number of aryl methyl sites for hydroxylation is 1. The van der Waals surface area contributed by atoms with Gasteiger partial charge in [-0.2, -0.15) is 0 Å². The molecule has 2 heterocycles. The number of pyridine rings is 1. The quantitative estimate of drug-likeness (QED) is 0.605. The predicted octanol–water partition coefficient (Wildman–Crippen LogP) is 4.57. The summed E-state index contributed by atoms with van der Waals surface area (Å²) in [4.78, 5) is 21.7. The van der Waals surface area contributed by atoms with Gasteiger partial charge in [0.25, 0.3) is 5.91 Å². The maximum absolute atomic E-state index is 12.5. The highest BCUT2D eigenvalue weighted by molar-refractivity contribution is 7.17. The number of halogens is 1. The third-order valence-electron chi connectivity index (χ3n) is 3.63. The van der Waals surface area contributed by atoms with Crippen LogP contribution in [0.4, 0.5) is 10.9 Å². The van der Waals surface area contributed by atoms with E-state index in [0.29, 0.717) is 39.7 Å². The molecule has 0 aliphatic rings. The molecule has 2 N–H and O–H groups in total. The summed E-state index contributed by atoms with van der Waals surface area (Å²) in [5.41, 5.74) is 1.64. The van der Waals surface area contributed by atoms with Crippen molar-refractivity contribution in [1.82, 2.24) is 15.3 Å². The van der Waals surface area contributed by atoms with Crippen molar-refractivity contribution in [2.24, 2.45) is 0 Å². The van der Waals surface area contributed by atoms with E-state index < -0.39 is 0 Å². The Morgan fingerprint density at radius 2 is 2.15 bits per heavy atom. The molecule has 0 unspecified atom stereocenters. The number of anilines is 2. The normalized spacial score (nSPS) is 10.5. The summed E-state index contributed by atoms with van der Waals surface area (Å²) in [5, 5.41) is 7.17. The molecule has 1 aromatic carbocycles. The molecule has 140 valence electrons. The van der Waals surface area contributed by atoms with Crippen LogP contribution in [-0.4, -0.2) is 22.5 Å². The van der Waals surface area contributed by atoms with Crippen LogP contribution in [0.15, 0.2) is 42.6 Å². The minimum Gasteiger partial charge on any atom is -0.494 e. The van der Waals surface area contributed by atoms with Crippen molar-refractivity contribution in [3.05, 3.63) is 63.8 Å². The fraction of sp³-hybridized carbons (Fsp3) is 0.211. The number of hydrogen-bond acceptors (Lipinski definition) is 6. The van der Waals surface area contributed by atoms with Crippen molar-refractivity contribution in [2.45, 2.75) is 20.4 Å². The molecule has 0 atom stereocenters. The van der Waals surface area contributed by atoms with Crippen molar-refractivity contribution < 1.29 is 9.53 Å². The average Bonchev–Trinajstić information content (AvgIpc) is 3.02. The molecule has 0 saturated heterocycles. The lowest BCUT2D eigenvalue weighted by Gasteiger charge is -2.07. The van der Waals surface area contributed by atoms with Crippen LogP contribution in [-0.2, 0) is 6.54 Å². The summed E-state index contributed by atoms with van der Waals surface area (Å²) < 4.78 is 5.48. The number of rotatable bonds is 7. The highest BCUT2D eigenvalue weighted by Crippen LogP contribution is 2.25. The van der Waals surface area contributed by atoms with Crippen LogP contribution in [0.1, 0.15) is 27.9 Å². The van der Waals surface area contributed by atoms with Crippen LogP contribution in [0, 0.1) is 6.92 Å². The van der Waals surface area contributed by atoms with Gasteiger partial charge in [-0.15, -0.1) is 0 Å². The van der Waals surface area contributed by atoms with Crippen LogP contribution in [0.5, 0.6) is 5.75 Å². The number of nitrogens with zero attached hydrogens (tertiary/aromatic N) is 2. The molecule has 6 nitrogen and oxygen atoms in total. The molecule has 0 spiro atoms. The van der Waals surface area contributed by atoms with Gasteiger partial charge in [0.05, 0.1) is 17.3 Å². The van der Waals surface area contributed by atoms with Gasteiger partial charge in [0.1, 0.15) is 16.4 Å². The SMILES string of the molecule is CCOc1cccc(CNC(=O)c2sc(Nc3ccc(Cl)cn3)nc2C)c1. The van der Waals surface area contributed by atoms with Crippen LogP contribution in [0.25, 0.3) is 0 Å². The summed E-state index contributed by atoms with van der Waals surface area (Å²) in [5.74, 6) is 1.25. The van der Waals surface area contributed by atoms with E-state index in [1.54, 1.807) is 18.3 Å². The summed E-state index contributed by atoms with van der Waals surface area (Å²) in [6, 6.07) is 11.2. The Hall–Kier alpha value is -2.64. The fourth-order valence-electron chi connectivity index (χ4n) is 2.39. The van der Waals surface area contributed by atoms with Gasteiger partial charge in [-0.05, 0) is 43.7 Å². The van der Waals surface area contributed by atoms with Crippen molar-refractivity contribution in [3.63, 3.8) is 0 Å². The van der Waals surface area contributed by atoms with Crippen molar-refractivity contribution >= 4 is 39.8 Å². The average molecular weight is 403 g/mol. The van der Waals surface area contributed by atoms with Gasteiger partial charge in [0.2, 0.25) is 0 Å². The van der Waals surface area contributed by atoms with Crippen LogP contribution in [0.3, 0.4) is 0 Å². The molecule has 3 rings (SSSR count). The summed E-state index contributed by atoms with van der Waals surface area (Å²) in [6.07, 6.45) is 1.55. The van der Waals surface area contributed by atoms with Crippen molar-refractivity contribution in [3.8, 4) is 5.75 Å². The Bertz CT molecular complexity index is 928. The molecular weight excluding hydrogens is 384 g/mol. The molecule has 1 amide bonds. The second-order valence-electron chi connectivity index (χ2n) is 5.68. The minimum absolute atomic E-state index is 0.163. The zero-order valence-electron chi connectivity index (χ0n) is 15.0. The monoisotopic (exact) mass is 402 g/mol. The largest absolute Gasteiger partial charge is 0.494 e. The highest BCUT2D eigenvalue weighted by Gasteiger charge is 2.15. The molecule has 27 heavy (non-hydrogen) atoms. The third-order valence-corrected chi connectivity index (χ3v) is 4.92. The Morgan fingerprint density at radius 1 is 1.30 bits per heavy atom. The third kappa shape index (κ3) is 5.18. The smallest absolute Gasteiger partial charge is 0.263 e. The van der Waals surface area contributed by atoms with E-state index in [9.17, 15) is 4.79 Å². The Kier molecular flexibility index (Phi) is 6.26. The minimum atomic E-state index is -0.163. The summed E-state index contributed by atoms with van der Waals surface area (Å²) >= 11 is 7.12. The zero-order chi connectivity index (χ0) is 19.2. The number of benzene rings is 1. The molecule has 0 aliphatic heterocycles. The first-order chi connectivity index (χ1) is 13.0. The summed E-state index contributed by atoms with van der Waals surface area (Å²) in [7, 11) is 0. The topological polar surface area (TPSA) is 76.1 Å². The van der Waals surface area contributed by atoms with E-state index in [1.807, 2.05) is 38.1 Å². The van der Waals surface area contributed by atoms with Crippen LogP contribution in [0.2, 0.25) is 5.02 Å². The van der Waals surface area contributed by atoms with Gasteiger partial charge < -0.3 is 15.4 Å². The van der Waals surface area contributed by atoms with E-state index in [-0.39, 0.29) is 5.91 Å². The lowest BCUT2D eigenvalue weighted by molar-refractivity contribution is 0.0954. The highest BCUT2D eigenvalue weighted by atomic mass is 35.5. The number of hydrogen-bond donors (Lipinski definition) is 2. The van der Waals surface area contributed by atoms with Gasteiger partial charge in [-0.3, -0.25) is 4.79 Å². The number of carbonyl (C=O) groups excluding carboxylic acids is 1. The maximum Gasteiger partial charge on any atom is 0.263 e. The second kappa shape index (κ2) is 8.83. The first kappa shape index (κ1) is 19.1. The molecule has 0 bridgehead atoms. The van der Waals surface area contributed by atoms with Gasteiger partial charge in [-0.1, -0.05) is 35.1 Å². The molecule has 2 aromatic heterocycles. The zero-order valence-corrected chi connectivity index (χ0v) is 16.5. The molecule has 8 heteroatoms. The lowest BCUT2D eigenvalue weighted by atomic mass is 10.2.